The molecule has 0 aliphatic carbocycles. The van der Waals surface area contributed by atoms with Crippen molar-refractivity contribution in [1.29, 1.82) is 0 Å². The molecule has 2 aromatic rings. The van der Waals surface area contributed by atoms with Gasteiger partial charge in [-0.05, 0) is 46.3 Å². The van der Waals surface area contributed by atoms with Crippen molar-refractivity contribution >= 4 is 33.2 Å². The van der Waals surface area contributed by atoms with Crippen LogP contribution in [0, 0.1) is 0 Å². The largest absolute Gasteiger partial charge is 0.461 e. The Morgan fingerprint density at radius 2 is 2.17 bits per heavy atom. The van der Waals surface area contributed by atoms with E-state index < -0.39 is 5.97 Å². The minimum atomic E-state index is -0.489. The lowest BCUT2D eigenvalue weighted by Crippen LogP contribution is -2.03. The first kappa shape index (κ1) is 13.0. The van der Waals surface area contributed by atoms with Crippen molar-refractivity contribution in [2.45, 2.75) is 6.92 Å². The van der Waals surface area contributed by atoms with Crippen molar-refractivity contribution < 1.29 is 14.3 Å². The van der Waals surface area contributed by atoms with Crippen LogP contribution in [0.5, 0.6) is 10.9 Å². The number of carbonyl (C=O) groups is 1. The van der Waals surface area contributed by atoms with E-state index in [4.69, 9.17) is 9.47 Å². The molecule has 0 saturated carbocycles. The fraction of sp³-hybridized carbons (Fsp3) is 0.182. The molecule has 0 N–H and O–H groups in total. The maximum Gasteiger partial charge on any atom is 0.369 e. The molecule has 1 aromatic carbocycles. The molecular weight excluding hydrogens is 320 g/mol. The molecule has 0 bridgehead atoms. The van der Waals surface area contributed by atoms with Crippen LogP contribution in [-0.4, -0.2) is 22.8 Å². The van der Waals surface area contributed by atoms with E-state index in [1.807, 2.05) is 18.2 Å². The SMILES string of the molecule is CCOC(=O)c1nnc(Oc2ccccc2Br)s1. The molecule has 94 valence electrons. The van der Waals surface area contributed by atoms with E-state index in [9.17, 15) is 4.79 Å². The van der Waals surface area contributed by atoms with Gasteiger partial charge in [-0.25, -0.2) is 4.79 Å². The van der Waals surface area contributed by atoms with Crippen molar-refractivity contribution in [1.82, 2.24) is 10.2 Å². The summed E-state index contributed by atoms with van der Waals surface area (Å²) in [6.45, 7) is 2.04. The van der Waals surface area contributed by atoms with Gasteiger partial charge in [-0.15, -0.1) is 5.10 Å². The Bertz CT molecular complexity index is 559. The summed E-state index contributed by atoms with van der Waals surface area (Å²) >= 11 is 4.40. The van der Waals surface area contributed by atoms with Gasteiger partial charge >= 0.3 is 5.97 Å². The first-order valence-electron chi connectivity index (χ1n) is 5.13. The quantitative estimate of drug-likeness (QED) is 0.806. The summed E-state index contributed by atoms with van der Waals surface area (Å²) < 4.78 is 11.1. The number of hydrogen-bond acceptors (Lipinski definition) is 6. The highest BCUT2D eigenvalue weighted by Crippen LogP contribution is 2.30. The Kier molecular flexibility index (Phi) is 4.27. The molecular formula is C11H9BrN2O3S. The van der Waals surface area contributed by atoms with Crippen LogP contribution in [0.2, 0.25) is 0 Å². The highest BCUT2D eigenvalue weighted by molar-refractivity contribution is 9.10. The number of esters is 1. The number of aromatic nitrogens is 2. The smallest absolute Gasteiger partial charge is 0.369 e. The van der Waals surface area contributed by atoms with Gasteiger partial charge in [0.05, 0.1) is 11.1 Å². The number of para-hydroxylation sites is 1. The van der Waals surface area contributed by atoms with Crippen molar-refractivity contribution in [3.8, 4) is 10.9 Å². The first-order chi connectivity index (χ1) is 8.70. The van der Waals surface area contributed by atoms with Crippen molar-refractivity contribution in [2.24, 2.45) is 0 Å². The van der Waals surface area contributed by atoms with Gasteiger partial charge < -0.3 is 9.47 Å². The van der Waals surface area contributed by atoms with Gasteiger partial charge in [0.1, 0.15) is 5.75 Å². The zero-order valence-electron chi connectivity index (χ0n) is 9.42. The fourth-order valence-corrected chi connectivity index (χ4v) is 2.12. The van der Waals surface area contributed by atoms with Gasteiger partial charge in [-0.3, -0.25) is 0 Å². The predicted molar refractivity (Wildman–Crippen MR) is 70.1 cm³/mol. The van der Waals surface area contributed by atoms with Gasteiger partial charge in [0.15, 0.2) is 0 Å². The Morgan fingerprint density at radius 1 is 1.39 bits per heavy atom. The van der Waals surface area contributed by atoms with E-state index in [1.54, 1.807) is 13.0 Å². The normalized spacial score (nSPS) is 10.1. The lowest BCUT2D eigenvalue weighted by molar-refractivity contribution is 0.0525. The van der Waals surface area contributed by atoms with E-state index in [0.29, 0.717) is 17.6 Å². The van der Waals surface area contributed by atoms with Gasteiger partial charge in [0.2, 0.25) is 5.01 Å². The molecule has 0 radical (unpaired) electrons. The number of nitrogens with zero attached hydrogens (tertiary/aromatic N) is 2. The monoisotopic (exact) mass is 328 g/mol. The minimum absolute atomic E-state index is 0.180. The second-order valence-corrected chi connectivity index (χ2v) is 4.92. The van der Waals surface area contributed by atoms with Gasteiger partial charge in [-0.1, -0.05) is 17.2 Å². The Hall–Kier alpha value is -1.47. The van der Waals surface area contributed by atoms with Crippen LogP contribution in [0.1, 0.15) is 16.7 Å². The Morgan fingerprint density at radius 3 is 2.89 bits per heavy atom. The topological polar surface area (TPSA) is 61.3 Å². The van der Waals surface area contributed by atoms with Crippen LogP contribution >= 0.6 is 27.3 Å². The molecule has 0 aliphatic rings. The third-order valence-electron chi connectivity index (χ3n) is 1.89. The van der Waals surface area contributed by atoms with Crippen LogP contribution in [0.15, 0.2) is 28.7 Å². The zero-order valence-corrected chi connectivity index (χ0v) is 11.8. The second-order valence-electron chi connectivity index (χ2n) is 3.13. The molecule has 0 unspecified atom stereocenters. The molecule has 0 spiro atoms. The standard InChI is InChI=1S/C11H9BrN2O3S/c1-2-16-10(15)9-13-14-11(18-9)17-8-6-4-3-5-7(8)12/h3-6H,2H2,1H3. The minimum Gasteiger partial charge on any atom is -0.461 e. The molecule has 1 heterocycles. The predicted octanol–water partition coefficient (Wildman–Crippen LogP) is 3.27. The lowest BCUT2D eigenvalue weighted by atomic mass is 10.3. The van der Waals surface area contributed by atoms with Crippen LogP contribution < -0.4 is 4.74 Å². The van der Waals surface area contributed by atoms with E-state index in [0.717, 1.165) is 15.8 Å². The number of benzene rings is 1. The molecule has 0 saturated heterocycles. The third-order valence-corrected chi connectivity index (χ3v) is 3.33. The van der Waals surface area contributed by atoms with Crippen LogP contribution in [0.3, 0.4) is 0 Å². The molecule has 5 nitrogen and oxygen atoms in total. The molecule has 18 heavy (non-hydrogen) atoms. The number of halogens is 1. The van der Waals surface area contributed by atoms with Crippen molar-refractivity contribution in [3.63, 3.8) is 0 Å². The van der Waals surface area contributed by atoms with Crippen LogP contribution in [-0.2, 0) is 4.74 Å². The van der Waals surface area contributed by atoms with Crippen molar-refractivity contribution in [2.75, 3.05) is 6.61 Å². The van der Waals surface area contributed by atoms with Gasteiger partial charge in [-0.2, -0.15) is 0 Å². The molecule has 0 amide bonds. The van der Waals surface area contributed by atoms with E-state index in [-0.39, 0.29) is 5.01 Å². The first-order valence-corrected chi connectivity index (χ1v) is 6.74. The molecule has 0 fully saturated rings. The Labute approximate surface area is 116 Å². The Balaban J connectivity index is 2.12. The average Bonchev–Trinajstić information content (AvgIpc) is 2.81. The summed E-state index contributed by atoms with van der Waals surface area (Å²) in [5.41, 5.74) is 0. The number of hydrogen-bond donors (Lipinski definition) is 0. The maximum atomic E-state index is 11.4. The van der Waals surface area contributed by atoms with E-state index in [2.05, 4.69) is 26.1 Å². The second kappa shape index (κ2) is 5.92. The highest BCUT2D eigenvalue weighted by atomic mass is 79.9. The summed E-state index contributed by atoms with van der Waals surface area (Å²) in [5.74, 6) is 0.126. The summed E-state index contributed by atoms with van der Waals surface area (Å²) in [6.07, 6.45) is 0. The van der Waals surface area contributed by atoms with Crippen molar-refractivity contribution in [3.05, 3.63) is 33.7 Å². The molecule has 2 rings (SSSR count). The summed E-state index contributed by atoms with van der Waals surface area (Å²) in [4.78, 5) is 11.4. The average molecular weight is 329 g/mol. The van der Waals surface area contributed by atoms with Crippen LogP contribution in [0.25, 0.3) is 0 Å². The molecule has 0 aliphatic heterocycles. The van der Waals surface area contributed by atoms with Gasteiger partial charge in [0.25, 0.3) is 5.19 Å². The molecule has 0 atom stereocenters. The van der Waals surface area contributed by atoms with Crippen LogP contribution in [0.4, 0.5) is 0 Å². The number of carbonyl (C=O) groups excluding carboxylic acids is 1. The summed E-state index contributed by atoms with van der Waals surface area (Å²) in [5, 5.41) is 7.97. The molecule has 1 aromatic heterocycles. The summed E-state index contributed by atoms with van der Waals surface area (Å²) in [6, 6.07) is 7.35. The van der Waals surface area contributed by atoms with Gasteiger partial charge in [0, 0.05) is 0 Å². The number of rotatable bonds is 4. The summed E-state index contributed by atoms with van der Waals surface area (Å²) in [7, 11) is 0. The zero-order chi connectivity index (χ0) is 13.0. The third kappa shape index (κ3) is 3.05. The van der Waals surface area contributed by atoms with E-state index >= 15 is 0 Å². The fourth-order valence-electron chi connectivity index (χ4n) is 1.15. The van der Waals surface area contributed by atoms with E-state index in [1.165, 1.54) is 0 Å². The number of ether oxygens (including phenoxy) is 2. The highest BCUT2D eigenvalue weighted by Gasteiger charge is 2.15. The maximum absolute atomic E-state index is 11.4. The lowest BCUT2D eigenvalue weighted by Gasteiger charge is -2.02. The molecule has 7 heteroatoms.